The maximum Gasteiger partial charge on any atom is 0.416 e. The molecule has 2 aromatic carbocycles. The number of hydrogen-bond acceptors (Lipinski definition) is 5. The van der Waals surface area contributed by atoms with E-state index in [9.17, 15) is 18.0 Å². The fourth-order valence-corrected chi connectivity index (χ4v) is 3.28. The zero-order chi connectivity index (χ0) is 19.0. The second-order valence-corrected chi connectivity index (χ2v) is 6.61. The van der Waals surface area contributed by atoms with Crippen LogP contribution in [0.3, 0.4) is 0 Å². The highest BCUT2D eigenvalue weighted by molar-refractivity contribution is 7.16. The fourth-order valence-electron chi connectivity index (χ4n) is 2.56. The van der Waals surface area contributed by atoms with E-state index >= 15 is 0 Å². The van der Waals surface area contributed by atoms with Gasteiger partial charge in [0.1, 0.15) is 5.70 Å². The van der Waals surface area contributed by atoms with E-state index in [-0.39, 0.29) is 17.3 Å². The van der Waals surface area contributed by atoms with Crippen LogP contribution in [0.2, 0.25) is 0 Å². The van der Waals surface area contributed by atoms with Crippen LogP contribution >= 0.6 is 11.3 Å². The molecule has 1 amide bonds. The number of hydrogen-bond donors (Lipinski definition) is 2. The van der Waals surface area contributed by atoms with Gasteiger partial charge in [-0.15, -0.1) is 11.3 Å². The molecule has 9 heteroatoms. The number of carbonyl (C=O) groups excluding carboxylic acids is 1. The maximum atomic E-state index is 12.8. The number of aliphatic imine (C=N–C) groups is 1. The Bertz CT molecular complexity index is 1100. The van der Waals surface area contributed by atoms with Crippen LogP contribution in [0.1, 0.15) is 11.1 Å². The van der Waals surface area contributed by atoms with Crippen molar-refractivity contribution in [1.82, 2.24) is 10.3 Å². The summed E-state index contributed by atoms with van der Waals surface area (Å²) in [7, 11) is 0. The van der Waals surface area contributed by atoms with Crippen molar-refractivity contribution in [3.63, 3.8) is 0 Å². The minimum Gasteiger partial charge on any atom is -0.326 e. The topological polar surface area (TPSA) is 66.4 Å². The number of nitrogens with one attached hydrogen (secondary N) is 2. The van der Waals surface area contributed by atoms with Gasteiger partial charge in [0.05, 0.1) is 21.3 Å². The van der Waals surface area contributed by atoms with Crippen molar-refractivity contribution in [2.75, 3.05) is 5.32 Å². The van der Waals surface area contributed by atoms with E-state index in [4.69, 9.17) is 0 Å². The molecule has 0 saturated heterocycles. The Kier molecular flexibility index (Phi) is 4.15. The predicted octanol–water partition coefficient (Wildman–Crippen LogP) is 4.25. The number of carbonyl (C=O) groups is 1. The highest BCUT2D eigenvalue weighted by atomic mass is 32.1. The SMILES string of the molecule is O=C1NC(Nc2cccc(C(F)(F)F)c2)=N/C1=C\c1ccc2ncsc2c1. The molecule has 0 fully saturated rings. The third-order valence-electron chi connectivity index (χ3n) is 3.81. The second kappa shape index (κ2) is 6.51. The summed E-state index contributed by atoms with van der Waals surface area (Å²) in [5, 5.41) is 5.20. The van der Waals surface area contributed by atoms with E-state index in [0.29, 0.717) is 0 Å². The summed E-state index contributed by atoms with van der Waals surface area (Å²) in [6.45, 7) is 0. The summed E-state index contributed by atoms with van der Waals surface area (Å²) in [5.41, 5.74) is 2.93. The lowest BCUT2D eigenvalue weighted by atomic mass is 10.2. The zero-order valence-corrected chi connectivity index (χ0v) is 14.4. The molecule has 0 saturated carbocycles. The number of benzene rings is 2. The number of thiazole rings is 1. The molecule has 2 heterocycles. The minimum absolute atomic E-state index is 0.0736. The quantitative estimate of drug-likeness (QED) is 0.645. The van der Waals surface area contributed by atoms with Crippen molar-refractivity contribution < 1.29 is 18.0 Å². The molecule has 0 aliphatic carbocycles. The molecule has 0 spiro atoms. The van der Waals surface area contributed by atoms with Crippen molar-refractivity contribution in [2.45, 2.75) is 6.18 Å². The summed E-state index contributed by atoms with van der Waals surface area (Å²) in [5.74, 6) is -0.363. The lowest BCUT2D eigenvalue weighted by Crippen LogP contribution is -2.30. The number of rotatable bonds is 2. The molecule has 4 rings (SSSR count). The van der Waals surface area contributed by atoms with Gasteiger partial charge in [0.15, 0.2) is 0 Å². The van der Waals surface area contributed by atoms with Gasteiger partial charge in [-0.3, -0.25) is 10.1 Å². The molecule has 3 aromatic rings. The van der Waals surface area contributed by atoms with Gasteiger partial charge >= 0.3 is 6.18 Å². The molecule has 0 radical (unpaired) electrons. The normalized spacial score (nSPS) is 15.9. The van der Waals surface area contributed by atoms with Gasteiger partial charge in [0.25, 0.3) is 5.91 Å². The predicted molar refractivity (Wildman–Crippen MR) is 98.2 cm³/mol. The molecule has 5 nitrogen and oxygen atoms in total. The molecule has 1 aliphatic rings. The van der Waals surface area contributed by atoms with Crippen LogP contribution in [-0.2, 0) is 11.0 Å². The van der Waals surface area contributed by atoms with Crippen LogP contribution < -0.4 is 10.6 Å². The van der Waals surface area contributed by atoms with Crippen molar-refractivity contribution in [3.8, 4) is 0 Å². The molecule has 1 aliphatic heterocycles. The number of aromatic nitrogens is 1. The molecular weight excluding hydrogens is 377 g/mol. The van der Waals surface area contributed by atoms with E-state index in [0.717, 1.165) is 27.9 Å². The number of anilines is 1. The molecule has 0 atom stereocenters. The first kappa shape index (κ1) is 17.2. The van der Waals surface area contributed by atoms with Gasteiger partial charge in [0.2, 0.25) is 5.96 Å². The number of nitrogens with zero attached hydrogens (tertiary/aromatic N) is 2. The molecule has 0 unspecified atom stereocenters. The Morgan fingerprint density at radius 1 is 1.15 bits per heavy atom. The monoisotopic (exact) mass is 388 g/mol. The summed E-state index contributed by atoms with van der Waals surface area (Å²) in [6.07, 6.45) is -2.84. The van der Waals surface area contributed by atoms with Crippen LogP contribution in [0.5, 0.6) is 0 Å². The van der Waals surface area contributed by atoms with Gasteiger partial charge in [0, 0.05) is 5.69 Å². The van der Waals surface area contributed by atoms with Crippen LogP contribution in [0.4, 0.5) is 18.9 Å². The van der Waals surface area contributed by atoms with Crippen LogP contribution in [-0.4, -0.2) is 16.9 Å². The standard InChI is InChI=1S/C18H11F3N4OS/c19-18(20,21)11-2-1-3-12(8-11)23-17-24-14(16(26)25-17)6-10-4-5-13-15(7-10)27-9-22-13/h1-9H,(H2,23,24,25,26)/b14-6-. The lowest BCUT2D eigenvalue weighted by Gasteiger charge is -2.10. The van der Waals surface area contributed by atoms with Gasteiger partial charge < -0.3 is 5.32 Å². The van der Waals surface area contributed by atoms with Gasteiger partial charge in [-0.1, -0.05) is 12.1 Å². The first-order valence-electron chi connectivity index (χ1n) is 7.78. The van der Waals surface area contributed by atoms with Crippen molar-refractivity contribution in [3.05, 3.63) is 64.8 Å². The number of halogens is 3. The molecular formula is C18H11F3N4OS. The Morgan fingerprint density at radius 2 is 2.00 bits per heavy atom. The van der Waals surface area contributed by atoms with Gasteiger partial charge in [-0.2, -0.15) is 13.2 Å². The molecule has 0 bridgehead atoms. The number of fused-ring (bicyclic) bond motifs is 1. The lowest BCUT2D eigenvalue weighted by molar-refractivity contribution is -0.137. The smallest absolute Gasteiger partial charge is 0.326 e. The Labute approximate surface area is 155 Å². The molecule has 1 aromatic heterocycles. The fraction of sp³-hybridized carbons (Fsp3) is 0.0556. The number of alkyl halides is 3. The minimum atomic E-state index is -4.45. The van der Waals surface area contributed by atoms with E-state index in [1.165, 1.54) is 23.5 Å². The third kappa shape index (κ3) is 3.68. The first-order valence-corrected chi connectivity index (χ1v) is 8.66. The summed E-state index contributed by atoms with van der Waals surface area (Å²) in [6, 6.07) is 10.2. The number of amides is 1. The van der Waals surface area contributed by atoms with Gasteiger partial charge in [-0.25, -0.2) is 9.98 Å². The van der Waals surface area contributed by atoms with E-state index in [1.54, 1.807) is 11.6 Å². The Balaban J connectivity index is 1.58. The zero-order valence-electron chi connectivity index (χ0n) is 13.5. The first-order chi connectivity index (χ1) is 12.9. The average Bonchev–Trinajstić information content (AvgIpc) is 3.21. The van der Waals surface area contributed by atoms with E-state index in [2.05, 4.69) is 20.6 Å². The summed E-state index contributed by atoms with van der Waals surface area (Å²) >= 11 is 1.48. The highest BCUT2D eigenvalue weighted by Crippen LogP contribution is 2.30. The largest absolute Gasteiger partial charge is 0.416 e. The Hall–Kier alpha value is -3.20. The van der Waals surface area contributed by atoms with E-state index < -0.39 is 17.6 Å². The highest BCUT2D eigenvalue weighted by Gasteiger charge is 2.30. The third-order valence-corrected chi connectivity index (χ3v) is 4.60. The Morgan fingerprint density at radius 3 is 2.81 bits per heavy atom. The summed E-state index contributed by atoms with van der Waals surface area (Å²) < 4.78 is 39.4. The summed E-state index contributed by atoms with van der Waals surface area (Å²) in [4.78, 5) is 20.4. The second-order valence-electron chi connectivity index (χ2n) is 5.73. The molecule has 27 heavy (non-hydrogen) atoms. The molecule has 136 valence electrons. The van der Waals surface area contributed by atoms with E-state index in [1.807, 2.05) is 18.2 Å². The van der Waals surface area contributed by atoms with Gasteiger partial charge in [-0.05, 0) is 42.0 Å². The number of guanidine groups is 1. The van der Waals surface area contributed by atoms with Crippen LogP contribution in [0, 0.1) is 0 Å². The average molecular weight is 388 g/mol. The van der Waals surface area contributed by atoms with Crippen molar-refractivity contribution in [2.24, 2.45) is 4.99 Å². The van der Waals surface area contributed by atoms with Crippen LogP contribution in [0.25, 0.3) is 16.3 Å². The molecule has 2 N–H and O–H groups in total. The van der Waals surface area contributed by atoms with Crippen molar-refractivity contribution >= 4 is 45.2 Å². The maximum absolute atomic E-state index is 12.8. The van der Waals surface area contributed by atoms with Crippen LogP contribution in [0.15, 0.2) is 58.7 Å². The van der Waals surface area contributed by atoms with Crippen molar-refractivity contribution in [1.29, 1.82) is 0 Å².